The molecule has 4 heteroatoms. The number of nitrogens with one attached hydrogen (secondary N) is 1. The summed E-state index contributed by atoms with van der Waals surface area (Å²) in [6, 6.07) is 10.5. The van der Waals surface area contributed by atoms with Crippen molar-refractivity contribution in [1.82, 2.24) is 5.32 Å². The number of hydrogen-bond acceptors (Lipinski definition) is 4. The minimum Gasteiger partial charge on any atom is -0.490 e. The minimum absolute atomic E-state index is 0.738. The summed E-state index contributed by atoms with van der Waals surface area (Å²) in [6.07, 6.45) is 2.03. The number of fused-ring (bicyclic) bond motifs is 1. The first-order valence-corrected chi connectivity index (χ1v) is 7.91. The predicted octanol–water partition coefficient (Wildman–Crippen LogP) is 3.24. The second kappa shape index (κ2) is 6.77. The van der Waals surface area contributed by atoms with Crippen LogP contribution < -0.4 is 14.8 Å². The third-order valence-electron chi connectivity index (χ3n) is 3.27. The van der Waals surface area contributed by atoms with Gasteiger partial charge in [-0.1, -0.05) is 12.1 Å². The molecule has 1 N–H and O–H groups in total. The molecule has 20 heavy (non-hydrogen) atoms. The Morgan fingerprint density at radius 3 is 2.85 bits per heavy atom. The van der Waals surface area contributed by atoms with Crippen LogP contribution in [0.25, 0.3) is 0 Å². The highest BCUT2D eigenvalue weighted by molar-refractivity contribution is 7.09. The number of hydrogen-bond donors (Lipinski definition) is 1. The average Bonchev–Trinajstić information content (AvgIpc) is 2.87. The van der Waals surface area contributed by atoms with Crippen LogP contribution in [0.3, 0.4) is 0 Å². The molecule has 0 amide bonds. The minimum atomic E-state index is 0.738. The Morgan fingerprint density at radius 2 is 2.00 bits per heavy atom. The van der Waals surface area contributed by atoms with Gasteiger partial charge in [-0.05, 0) is 35.6 Å². The Labute approximate surface area is 123 Å². The molecule has 0 saturated heterocycles. The van der Waals surface area contributed by atoms with E-state index in [0.29, 0.717) is 0 Å². The first-order valence-electron chi connectivity index (χ1n) is 7.03. The fourth-order valence-corrected chi connectivity index (χ4v) is 2.93. The maximum absolute atomic E-state index is 5.70. The summed E-state index contributed by atoms with van der Waals surface area (Å²) in [5, 5.41) is 5.60. The maximum Gasteiger partial charge on any atom is 0.161 e. The molecule has 0 spiro atoms. The van der Waals surface area contributed by atoms with Crippen LogP contribution in [0.4, 0.5) is 0 Å². The first-order chi connectivity index (χ1) is 9.92. The summed E-state index contributed by atoms with van der Waals surface area (Å²) in [6.45, 7) is 3.34. The zero-order valence-corrected chi connectivity index (χ0v) is 12.2. The zero-order chi connectivity index (χ0) is 13.6. The van der Waals surface area contributed by atoms with Gasteiger partial charge in [0.05, 0.1) is 13.2 Å². The number of thiophene rings is 1. The molecule has 0 bridgehead atoms. The Morgan fingerprint density at radius 1 is 1.10 bits per heavy atom. The molecule has 1 aliphatic rings. The van der Waals surface area contributed by atoms with Crippen molar-refractivity contribution < 1.29 is 9.47 Å². The second-order valence-electron chi connectivity index (χ2n) is 4.84. The molecule has 0 radical (unpaired) electrons. The highest BCUT2D eigenvalue weighted by atomic mass is 32.1. The molecule has 0 unspecified atom stereocenters. The van der Waals surface area contributed by atoms with Gasteiger partial charge in [0.25, 0.3) is 0 Å². The van der Waals surface area contributed by atoms with E-state index >= 15 is 0 Å². The van der Waals surface area contributed by atoms with Crippen molar-refractivity contribution in [3.63, 3.8) is 0 Å². The fraction of sp³-hybridized carbons (Fsp3) is 0.375. The highest BCUT2D eigenvalue weighted by Crippen LogP contribution is 2.30. The van der Waals surface area contributed by atoms with Crippen LogP contribution in [0.15, 0.2) is 35.7 Å². The number of ether oxygens (including phenoxy) is 2. The molecule has 2 heterocycles. The molecule has 1 aromatic carbocycles. The molecule has 3 rings (SSSR count). The molecule has 0 fully saturated rings. The van der Waals surface area contributed by atoms with Gasteiger partial charge >= 0.3 is 0 Å². The van der Waals surface area contributed by atoms with E-state index in [-0.39, 0.29) is 0 Å². The summed E-state index contributed by atoms with van der Waals surface area (Å²) in [5.74, 6) is 1.74. The third-order valence-corrected chi connectivity index (χ3v) is 4.21. The number of rotatable bonds is 5. The van der Waals surface area contributed by atoms with E-state index in [0.717, 1.165) is 50.6 Å². The normalized spacial score (nSPS) is 14.0. The van der Waals surface area contributed by atoms with Crippen LogP contribution >= 0.6 is 11.3 Å². The van der Waals surface area contributed by atoms with Gasteiger partial charge in [-0.3, -0.25) is 0 Å². The Bertz CT molecular complexity index is 539. The van der Waals surface area contributed by atoms with Crippen molar-refractivity contribution in [2.75, 3.05) is 19.8 Å². The summed E-state index contributed by atoms with van der Waals surface area (Å²) in [5.41, 5.74) is 1.24. The van der Waals surface area contributed by atoms with E-state index in [9.17, 15) is 0 Å². The molecule has 1 aromatic heterocycles. The van der Waals surface area contributed by atoms with Crippen molar-refractivity contribution in [1.29, 1.82) is 0 Å². The van der Waals surface area contributed by atoms with Gasteiger partial charge in [0, 0.05) is 24.4 Å². The summed E-state index contributed by atoms with van der Waals surface area (Å²) >= 11 is 1.81. The first kappa shape index (κ1) is 13.5. The fourth-order valence-electron chi connectivity index (χ4n) is 2.22. The van der Waals surface area contributed by atoms with Gasteiger partial charge < -0.3 is 14.8 Å². The molecule has 3 nitrogen and oxygen atoms in total. The average molecular weight is 289 g/mol. The molecule has 2 aromatic rings. The monoisotopic (exact) mass is 289 g/mol. The van der Waals surface area contributed by atoms with Crippen LogP contribution in [0.1, 0.15) is 16.9 Å². The Balaban J connectivity index is 1.51. The molecule has 1 aliphatic heterocycles. The third kappa shape index (κ3) is 3.52. The number of benzene rings is 1. The topological polar surface area (TPSA) is 30.5 Å². The van der Waals surface area contributed by atoms with Gasteiger partial charge in [0.2, 0.25) is 0 Å². The lowest BCUT2D eigenvalue weighted by Gasteiger charge is -2.10. The van der Waals surface area contributed by atoms with Crippen molar-refractivity contribution in [2.24, 2.45) is 0 Å². The van der Waals surface area contributed by atoms with E-state index in [1.165, 1.54) is 10.4 Å². The van der Waals surface area contributed by atoms with Crippen molar-refractivity contribution >= 4 is 11.3 Å². The maximum atomic E-state index is 5.70. The van der Waals surface area contributed by atoms with Crippen molar-refractivity contribution in [2.45, 2.75) is 19.4 Å². The molecule has 0 aliphatic carbocycles. The summed E-state index contributed by atoms with van der Waals surface area (Å²) in [4.78, 5) is 1.43. The van der Waals surface area contributed by atoms with Gasteiger partial charge in [-0.25, -0.2) is 0 Å². The van der Waals surface area contributed by atoms with E-state index in [2.05, 4.69) is 35.0 Å². The van der Waals surface area contributed by atoms with E-state index in [1.54, 1.807) is 0 Å². The van der Waals surface area contributed by atoms with Crippen LogP contribution in [0, 0.1) is 0 Å². The Kier molecular flexibility index (Phi) is 4.56. The molecule has 106 valence electrons. The van der Waals surface area contributed by atoms with Gasteiger partial charge in [0.1, 0.15) is 0 Å². The summed E-state index contributed by atoms with van der Waals surface area (Å²) in [7, 11) is 0. The van der Waals surface area contributed by atoms with Crippen LogP contribution in [0.5, 0.6) is 11.5 Å². The van der Waals surface area contributed by atoms with Crippen LogP contribution in [0.2, 0.25) is 0 Å². The predicted molar refractivity (Wildman–Crippen MR) is 81.8 cm³/mol. The van der Waals surface area contributed by atoms with Crippen LogP contribution in [-0.4, -0.2) is 19.8 Å². The van der Waals surface area contributed by atoms with E-state index in [1.807, 2.05) is 17.4 Å². The van der Waals surface area contributed by atoms with Crippen molar-refractivity contribution in [3.8, 4) is 11.5 Å². The van der Waals surface area contributed by atoms with Gasteiger partial charge in [-0.15, -0.1) is 11.3 Å². The lowest BCUT2D eigenvalue weighted by Crippen LogP contribution is -2.16. The van der Waals surface area contributed by atoms with Crippen molar-refractivity contribution in [3.05, 3.63) is 46.2 Å². The molecule has 0 atom stereocenters. The molecular formula is C16H19NO2S. The SMILES string of the molecule is c1csc(CCNCc2ccc3c(c2)OCCCO3)c1. The van der Waals surface area contributed by atoms with E-state index < -0.39 is 0 Å². The zero-order valence-electron chi connectivity index (χ0n) is 11.4. The summed E-state index contributed by atoms with van der Waals surface area (Å²) < 4.78 is 11.3. The molecular weight excluding hydrogens is 270 g/mol. The van der Waals surface area contributed by atoms with E-state index in [4.69, 9.17) is 9.47 Å². The smallest absolute Gasteiger partial charge is 0.161 e. The largest absolute Gasteiger partial charge is 0.490 e. The Hall–Kier alpha value is -1.52. The standard InChI is InChI=1S/C16H19NO2S/c1-3-14(20-10-1)6-7-17-12-13-4-5-15-16(11-13)19-9-2-8-18-15/h1,3-5,10-11,17H,2,6-9,12H2. The van der Waals surface area contributed by atoms with Gasteiger partial charge in [-0.2, -0.15) is 0 Å². The highest BCUT2D eigenvalue weighted by Gasteiger charge is 2.10. The van der Waals surface area contributed by atoms with Gasteiger partial charge in [0.15, 0.2) is 11.5 Å². The van der Waals surface area contributed by atoms with Crippen LogP contribution in [-0.2, 0) is 13.0 Å². The molecule has 0 saturated carbocycles. The lowest BCUT2D eigenvalue weighted by atomic mass is 10.2. The second-order valence-corrected chi connectivity index (χ2v) is 5.87. The lowest BCUT2D eigenvalue weighted by molar-refractivity contribution is 0.297. The quantitative estimate of drug-likeness (QED) is 0.857.